The number of fused-ring (bicyclic) bond motifs is 2. The van der Waals surface area contributed by atoms with E-state index in [-0.39, 0.29) is 0 Å². The van der Waals surface area contributed by atoms with Crippen molar-refractivity contribution in [3.63, 3.8) is 0 Å². The number of hydrogen-bond acceptors (Lipinski definition) is 2. The van der Waals surface area contributed by atoms with Gasteiger partial charge in [0.05, 0.1) is 0 Å². The first-order chi connectivity index (χ1) is 8.24. The molecule has 0 spiro atoms. The molecule has 1 nitrogen and oxygen atoms in total. The van der Waals surface area contributed by atoms with Gasteiger partial charge >= 0.3 is 0 Å². The quantitative estimate of drug-likeness (QED) is 0.842. The van der Waals surface area contributed by atoms with E-state index in [0.29, 0.717) is 12.1 Å². The van der Waals surface area contributed by atoms with Crippen molar-refractivity contribution in [3.05, 3.63) is 22.4 Å². The average molecular weight is 249 g/mol. The molecule has 5 unspecified atom stereocenters. The van der Waals surface area contributed by atoms with E-state index in [9.17, 15) is 0 Å². The summed E-state index contributed by atoms with van der Waals surface area (Å²) in [5.41, 5.74) is 1.45. The van der Waals surface area contributed by atoms with Crippen molar-refractivity contribution in [2.45, 2.75) is 51.6 Å². The standard InChI is InChI=1S/C15H23NS/c1-10(14-5-6-17-9-14)16-11(2)15-8-12-3-4-13(15)7-12/h5-6,9-13,15-16H,3-4,7-8H2,1-2H3. The second-order valence-corrected chi connectivity index (χ2v) is 6.85. The highest BCUT2D eigenvalue weighted by atomic mass is 32.1. The molecule has 0 aliphatic heterocycles. The Balaban J connectivity index is 1.58. The smallest absolute Gasteiger partial charge is 0.0302 e. The van der Waals surface area contributed by atoms with Gasteiger partial charge in [-0.3, -0.25) is 0 Å². The van der Waals surface area contributed by atoms with Crippen LogP contribution < -0.4 is 5.32 Å². The molecule has 1 aromatic heterocycles. The topological polar surface area (TPSA) is 12.0 Å². The third-order valence-corrected chi connectivity index (χ3v) is 5.69. The number of thiophene rings is 1. The van der Waals surface area contributed by atoms with Crippen molar-refractivity contribution in [3.8, 4) is 0 Å². The van der Waals surface area contributed by atoms with Crippen LogP contribution in [-0.4, -0.2) is 6.04 Å². The molecule has 2 bridgehead atoms. The van der Waals surface area contributed by atoms with Gasteiger partial charge in [-0.15, -0.1) is 0 Å². The lowest BCUT2D eigenvalue weighted by Gasteiger charge is -2.30. The molecule has 2 aliphatic rings. The summed E-state index contributed by atoms with van der Waals surface area (Å²) in [6.07, 6.45) is 6.00. The highest BCUT2D eigenvalue weighted by molar-refractivity contribution is 7.07. The summed E-state index contributed by atoms with van der Waals surface area (Å²) in [6, 6.07) is 3.44. The number of rotatable bonds is 4. The first-order valence-electron chi connectivity index (χ1n) is 7.02. The summed E-state index contributed by atoms with van der Waals surface area (Å²) in [5, 5.41) is 8.26. The molecular weight excluding hydrogens is 226 g/mol. The van der Waals surface area contributed by atoms with Crippen molar-refractivity contribution in [2.24, 2.45) is 17.8 Å². The predicted octanol–water partition coefficient (Wildman–Crippen LogP) is 4.22. The van der Waals surface area contributed by atoms with Crippen LogP contribution in [-0.2, 0) is 0 Å². The van der Waals surface area contributed by atoms with Crippen molar-refractivity contribution in [1.82, 2.24) is 5.32 Å². The van der Waals surface area contributed by atoms with Gasteiger partial charge in [-0.2, -0.15) is 11.3 Å². The van der Waals surface area contributed by atoms with Gasteiger partial charge in [-0.25, -0.2) is 0 Å². The van der Waals surface area contributed by atoms with E-state index in [1.165, 1.54) is 31.2 Å². The van der Waals surface area contributed by atoms with E-state index in [1.54, 1.807) is 11.3 Å². The van der Waals surface area contributed by atoms with Gasteiger partial charge in [0.15, 0.2) is 0 Å². The minimum absolute atomic E-state index is 0.510. The molecule has 1 heterocycles. The van der Waals surface area contributed by atoms with E-state index < -0.39 is 0 Å². The maximum Gasteiger partial charge on any atom is 0.0302 e. The molecule has 0 saturated heterocycles. The first kappa shape index (κ1) is 11.7. The Morgan fingerprint density at radius 1 is 1.29 bits per heavy atom. The van der Waals surface area contributed by atoms with Gasteiger partial charge in [-0.05, 0) is 73.3 Å². The van der Waals surface area contributed by atoms with Gasteiger partial charge < -0.3 is 5.32 Å². The Morgan fingerprint density at radius 3 is 2.76 bits per heavy atom. The van der Waals surface area contributed by atoms with Crippen LogP contribution >= 0.6 is 11.3 Å². The van der Waals surface area contributed by atoms with E-state index in [1.807, 2.05) is 0 Å². The average Bonchev–Trinajstić information content (AvgIpc) is 3.05. The Kier molecular flexibility index (Phi) is 3.27. The number of nitrogens with one attached hydrogen (secondary N) is 1. The fraction of sp³-hybridized carbons (Fsp3) is 0.733. The van der Waals surface area contributed by atoms with E-state index in [2.05, 4.69) is 36.0 Å². The normalized spacial score (nSPS) is 35.1. The second-order valence-electron chi connectivity index (χ2n) is 6.07. The van der Waals surface area contributed by atoms with Crippen molar-refractivity contribution in [1.29, 1.82) is 0 Å². The molecular formula is C15H23NS. The van der Waals surface area contributed by atoms with Crippen molar-refractivity contribution in [2.75, 3.05) is 0 Å². The minimum atomic E-state index is 0.510. The molecule has 94 valence electrons. The van der Waals surface area contributed by atoms with E-state index in [0.717, 1.165) is 17.8 Å². The van der Waals surface area contributed by atoms with Crippen molar-refractivity contribution >= 4 is 11.3 Å². The summed E-state index contributed by atoms with van der Waals surface area (Å²) in [6.45, 7) is 4.69. The summed E-state index contributed by atoms with van der Waals surface area (Å²) in [4.78, 5) is 0. The minimum Gasteiger partial charge on any atom is -0.307 e. The Hall–Kier alpha value is -0.340. The van der Waals surface area contributed by atoms with Crippen LogP contribution in [0.4, 0.5) is 0 Å². The molecule has 0 aromatic carbocycles. The lowest BCUT2D eigenvalue weighted by Crippen LogP contribution is -2.37. The number of hydrogen-bond donors (Lipinski definition) is 1. The zero-order valence-corrected chi connectivity index (χ0v) is 11.7. The third kappa shape index (κ3) is 2.30. The lowest BCUT2D eigenvalue weighted by molar-refractivity contribution is 0.248. The molecule has 1 aromatic rings. The zero-order valence-electron chi connectivity index (χ0n) is 10.9. The van der Waals surface area contributed by atoms with Crippen LogP contribution in [0.5, 0.6) is 0 Å². The molecule has 2 fully saturated rings. The highest BCUT2D eigenvalue weighted by Gasteiger charge is 2.41. The van der Waals surface area contributed by atoms with Gasteiger partial charge in [0.25, 0.3) is 0 Å². The Labute approximate surface area is 109 Å². The summed E-state index contributed by atoms with van der Waals surface area (Å²) < 4.78 is 0. The lowest BCUT2D eigenvalue weighted by atomic mass is 9.83. The van der Waals surface area contributed by atoms with Crippen LogP contribution in [0.3, 0.4) is 0 Å². The van der Waals surface area contributed by atoms with Crippen LogP contribution in [0, 0.1) is 17.8 Å². The van der Waals surface area contributed by atoms with Gasteiger partial charge in [0, 0.05) is 12.1 Å². The van der Waals surface area contributed by atoms with E-state index in [4.69, 9.17) is 0 Å². The Morgan fingerprint density at radius 2 is 2.18 bits per heavy atom. The monoisotopic (exact) mass is 249 g/mol. The highest BCUT2D eigenvalue weighted by Crippen LogP contribution is 2.49. The molecule has 0 amide bonds. The fourth-order valence-corrected chi connectivity index (χ4v) is 4.80. The van der Waals surface area contributed by atoms with Gasteiger partial charge in [0.1, 0.15) is 0 Å². The molecule has 5 atom stereocenters. The first-order valence-corrected chi connectivity index (χ1v) is 7.96. The summed E-state index contributed by atoms with van der Waals surface area (Å²) in [5.74, 6) is 3.03. The van der Waals surface area contributed by atoms with Gasteiger partial charge in [0.2, 0.25) is 0 Å². The molecule has 2 aliphatic carbocycles. The summed E-state index contributed by atoms with van der Waals surface area (Å²) in [7, 11) is 0. The molecule has 0 radical (unpaired) electrons. The predicted molar refractivity (Wildman–Crippen MR) is 74.3 cm³/mol. The van der Waals surface area contributed by atoms with Crippen molar-refractivity contribution < 1.29 is 0 Å². The third-order valence-electron chi connectivity index (χ3n) is 4.99. The molecule has 3 rings (SSSR count). The molecule has 1 N–H and O–H groups in total. The maximum absolute atomic E-state index is 3.82. The molecule has 2 saturated carbocycles. The fourth-order valence-electron chi connectivity index (χ4n) is 4.04. The largest absolute Gasteiger partial charge is 0.307 e. The second kappa shape index (κ2) is 4.74. The zero-order chi connectivity index (χ0) is 11.8. The van der Waals surface area contributed by atoms with Crippen LogP contribution in [0.25, 0.3) is 0 Å². The molecule has 2 heteroatoms. The van der Waals surface area contributed by atoms with Crippen LogP contribution in [0.15, 0.2) is 16.8 Å². The molecule has 17 heavy (non-hydrogen) atoms. The maximum atomic E-state index is 3.82. The Bertz CT molecular complexity index is 359. The summed E-state index contributed by atoms with van der Waals surface area (Å²) >= 11 is 1.80. The van der Waals surface area contributed by atoms with Gasteiger partial charge in [-0.1, -0.05) is 6.42 Å². The van der Waals surface area contributed by atoms with Crippen LogP contribution in [0.2, 0.25) is 0 Å². The van der Waals surface area contributed by atoms with Crippen LogP contribution in [0.1, 0.15) is 51.1 Å². The SMILES string of the molecule is CC(NC(C)C1CC2CCC1C2)c1ccsc1. The van der Waals surface area contributed by atoms with E-state index >= 15 is 0 Å².